The van der Waals surface area contributed by atoms with Crippen LogP contribution in [0, 0.1) is 11.8 Å². The van der Waals surface area contributed by atoms with Gasteiger partial charge in [-0.1, -0.05) is 0 Å². The van der Waals surface area contributed by atoms with Crippen LogP contribution in [-0.2, 0) is 4.79 Å². The smallest absolute Gasteiger partial charge is 0.222 e. The van der Waals surface area contributed by atoms with Crippen LogP contribution in [-0.4, -0.2) is 47.1 Å². The number of hydrogen-bond acceptors (Lipinski definition) is 3. The number of aliphatic hydroxyl groups excluding tert-OH is 1. The van der Waals surface area contributed by atoms with Crippen molar-refractivity contribution in [3.8, 4) is 0 Å². The number of rotatable bonds is 4. The molecule has 2 aliphatic rings. The van der Waals surface area contributed by atoms with Crippen LogP contribution in [0.3, 0.4) is 0 Å². The third-order valence-electron chi connectivity index (χ3n) is 3.98. The summed E-state index contributed by atoms with van der Waals surface area (Å²) in [7, 11) is 0. The summed E-state index contributed by atoms with van der Waals surface area (Å²) in [6, 6.07) is 0. The quantitative estimate of drug-likeness (QED) is 0.834. The highest BCUT2D eigenvalue weighted by Crippen LogP contribution is 2.27. The number of amides is 1. The number of nitrogens with zero attached hydrogens (tertiary/aromatic N) is 1. The molecule has 0 spiro atoms. The van der Waals surface area contributed by atoms with Crippen molar-refractivity contribution in [1.29, 1.82) is 0 Å². The number of hydrogen-bond donors (Lipinski definition) is 1. The summed E-state index contributed by atoms with van der Waals surface area (Å²) in [6.07, 6.45) is 5.11. The maximum absolute atomic E-state index is 12.1. The SMILES string of the molecule is O=C(CC1CCSCC1)N1CCC(CCO)C1. The average Bonchev–Trinajstić information content (AvgIpc) is 2.79. The van der Waals surface area contributed by atoms with E-state index in [0.717, 1.165) is 32.4 Å². The molecule has 1 atom stereocenters. The highest BCUT2D eigenvalue weighted by atomic mass is 32.2. The normalized spacial score (nSPS) is 26.4. The molecular formula is C13H23NO2S. The van der Waals surface area contributed by atoms with E-state index in [1.54, 1.807) is 0 Å². The maximum atomic E-state index is 12.1. The van der Waals surface area contributed by atoms with Gasteiger partial charge in [-0.25, -0.2) is 0 Å². The molecule has 2 fully saturated rings. The zero-order valence-corrected chi connectivity index (χ0v) is 11.3. The highest BCUT2D eigenvalue weighted by molar-refractivity contribution is 7.99. The van der Waals surface area contributed by atoms with E-state index in [4.69, 9.17) is 5.11 Å². The molecule has 0 aliphatic carbocycles. The van der Waals surface area contributed by atoms with Crippen LogP contribution in [0.5, 0.6) is 0 Å². The molecule has 2 aliphatic heterocycles. The van der Waals surface area contributed by atoms with Gasteiger partial charge in [-0.2, -0.15) is 11.8 Å². The lowest BCUT2D eigenvalue weighted by Crippen LogP contribution is -2.31. The topological polar surface area (TPSA) is 40.5 Å². The first-order valence-electron chi connectivity index (χ1n) is 6.76. The number of aliphatic hydroxyl groups is 1. The first-order chi connectivity index (χ1) is 8.29. The number of likely N-dealkylation sites (tertiary alicyclic amines) is 1. The summed E-state index contributed by atoms with van der Waals surface area (Å²) < 4.78 is 0. The molecule has 1 unspecified atom stereocenters. The molecule has 17 heavy (non-hydrogen) atoms. The molecule has 0 radical (unpaired) electrons. The molecule has 2 saturated heterocycles. The summed E-state index contributed by atoms with van der Waals surface area (Å²) >= 11 is 2.01. The molecule has 0 aromatic heterocycles. The molecule has 4 heteroatoms. The standard InChI is InChI=1S/C13H23NO2S/c15-6-2-12-1-5-14(10-12)13(16)9-11-3-7-17-8-4-11/h11-12,15H,1-10H2. The Morgan fingerprint density at radius 2 is 2.00 bits per heavy atom. The van der Waals surface area contributed by atoms with Crippen molar-refractivity contribution in [3.63, 3.8) is 0 Å². The Morgan fingerprint density at radius 3 is 2.71 bits per heavy atom. The summed E-state index contributed by atoms with van der Waals surface area (Å²) in [6.45, 7) is 2.04. The molecule has 0 bridgehead atoms. The Hall–Kier alpha value is -0.220. The van der Waals surface area contributed by atoms with E-state index in [2.05, 4.69) is 0 Å². The Kier molecular flexibility index (Phi) is 5.16. The van der Waals surface area contributed by atoms with Gasteiger partial charge >= 0.3 is 0 Å². The first-order valence-corrected chi connectivity index (χ1v) is 7.91. The Balaban J connectivity index is 1.72. The molecule has 98 valence electrons. The van der Waals surface area contributed by atoms with E-state index in [-0.39, 0.29) is 6.61 Å². The second-order valence-corrected chi connectivity index (χ2v) is 6.49. The molecule has 0 aromatic rings. The van der Waals surface area contributed by atoms with Gasteiger partial charge in [0.15, 0.2) is 0 Å². The summed E-state index contributed by atoms with van der Waals surface area (Å²) in [5.41, 5.74) is 0. The molecule has 2 heterocycles. The van der Waals surface area contributed by atoms with E-state index < -0.39 is 0 Å². The van der Waals surface area contributed by atoms with Crippen LogP contribution >= 0.6 is 11.8 Å². The van der Waals surface area contributed by atoms with Crippen LogP contribution in [0.1, 0.15) is 32.1 Å². The second-order valence-electron chi connectivity index (χ2n) is 5.27. The van der Waals surface area contributed by atoms with Crippen molar-refractivity contribution in [2.45, 2.75) is 32.1 Å². The molecular weight excluding hydrogens is 234 g/mol. The van der Waals surface area contributed by atoms with E-state index >= 15 is 0 Å². The first kappa shape index (κ1) is 13.2. The van der Waals surface area contributed by atoms with Crippen molar-refractivity contribution in [3.05, 3.63) is 0 Å². The number of carbonyl (C=O) groups excluding carboxylic acids is 1. The van der Waals surface area contributed by atoms with Crippen LogP contribution in [0.15, 0.2) is 0 Å². The van der Waals surface area contributed by atoms with Crippen LogP contribution < -0.4 is 0 Å². The summed E-state index contributed by atoms with van der Waals surface area (Å²) in [4.78, 5) is 14.1. The summed E-state index contributed by atoms with van der Waals surface area (Å²) in [5.74, 6) is 3.96. The zero-order valence-electron chi connectivity index (χ0n) is 10.4. The average molecular weight is 257 g/mol. The van der Waals surface area contributed by atoms with Gasteiger partial charge in [-0.15, -0.1) is 0 Å². The lowest BCUT2D eigenvalue weighted by Gasteiger charge is -2.24. The second kappa shape index (κ2) is 6.64. The monoisotopic (exact) mass is 257 g/mol. The Morgan fingerprint density at radius 1 is 1.24 bits per heavy atom. The van der Waals surface area contributed by atoms with Crippen LogP contribution in [0.25, 0.3) is 0 Å². The predicted molar refractivity (Wildman–Crippen MR) is 71.1 cm³/mol. The molecule has 1 N–H and O–H groups in total. The number of thioether (sulfide) groups is 1. The van der Waals surface area contributed by atoms with Gasteiger partial charge in [0, 0.05) is 26.1 Å². The van der Waals surface area contributed by atoms with Gasteiger partial charge in [0.25, 0.3) is 0 Å². The maximum Gasteiger partial charge on any atom is 0.222 e. The fourth-order valence-electron chi connectivity index (χ4n) is 2.80. The lowest BCUT2D eigenvalue weighted by molar-refractivity contribution is -0.131. The zero-order chi connectivity index (χ0) is 12.1. The van der Waals surface area contributed by atoms with Gasteiger partial charge in [-0.3, -0.25) is 4.79 Å². The van der Waals surface area contributed by atoms with Crippen LogP contribution in [0.2, 0.25) is 0 Å². The van der Waals surface area contributed by atoms with E-state index in [0.29, 0.717) is 17.7 Å². The Labute approximate surface area is 108 Å². The molecule has 1 amide bonds. The number of carbonyl (C=O) groups is 1. The van der Waals surface area contributed by atoms with Crippen LogP contribution in [0.4, 0.5) is 0 Å². The fourth-order valence-corrected chi connectivity index (χ4v) is 4.01. The van der Waals surface area contributed by atoms with Gasteiger partial charge in [0.2, 0.25) is 5.91 Å². The third kappa shape index (κ3) is 3.88. The molecule has 3 nitrogen and oxygen atoms in total. The Bertz CT molecular complexity index is 254. The summed E-state index contributed by atoms with van der Waals surface area (Å²) in [5, 5.41) is 8.91. The van der Waals surface area contributed by atoms with Crippen molar-refractivity contribution in [2.75, 3.05) is 31.2 Å². The molecule has 0 saturated carbocycles. The van der Waals surface area contributed by atoms with E-state index in [1.165, 1.54) is 24.3 Å². The lowest BCUT2D eigenvalue weighted by atomic mass is 9.98. The van der Waals surface area contributed by atoms with Crippen molar-refractivity contribution in [1.82, 2.24) is 4.90 Å². The van der Waals surface area contributed by atoms with Gasteiger partial charge < -0.3 is 10.0 Å². The van der Waals surface area contributed by atoms with Crippen molar-refractivity contribution < 1.29 is 9.90 Å². The fraction of sp³-hybridized carbons (Fsp3) is 0.923. The minimum absolute atomic E-state index is 0.256. The molecule has 0 aromatic carbocycles. The van der Waals surface area contributed by atoms with Gasteiger partial charge in [-0.05, 0) is 49.0 Å². The largest absolute Gasteiger partial charge is 0.396 e. The third-order valence-corrected chi connectivity index (χ3v) is 5.03. The predicted octanol–water partition coefficient (Wildman–Crippen LogP) is 1.75. The van der Waals surface area contributed by atoms with E-state index in [9.17, 15) is 4.79 Å². The van der Waals surface area contributed by atoms with E-state index in [1.807, 2.05) is 16.7 Å². The van der Waals surface area contributed by atoms with Gasteiger partial charge in [0.1, 0.15) is 0 Å². The minimum atomic E-state index is 0.256. The van der Waals surface area contributed by atoms with Gasteiger partial charge in [0.05, 0.1) is 0 Å². The van der Waals surface area contributed by atoms with Crippen molar-refractivity contribution in [2.24, 2.45) is 11.8 Å². The minimum Gasteiger partial charge on any atom is -0.396 e. The van der Waals surface area contributed by atoms with Crippen molar-refractivity contribution >= 4 is 17.7 Å². The highest BCUT2D eigenvalue weighted by Gasteiger charge is 2.27. The molecule has 2 rings (SSSR count).